The molecule has 0 bridgehead atoms. The summed E-state index contributed by atoms with van der Waals surface area (Å²) in [6.45, 7) is 1.33. The average molecular weight is 345 g/mol. The van der Waals surface area contributed by atoms with Crippen molar-refractivity contribution in [2.45, 2.75) is 5.92 Å². The Kier molecular flexibility index (Phi) is 4.43. The van der Waals surface area contributed by atoms with Crippen molar-refractivity contribution < 1.29 is 4.74 Å². The maximum atomic E-state index is 9.98. The lowest BCUT2D eigenvalue weighted by molar-refractivity contribution is 0.237. The number of nitrogens with two attached hydrogens (primary N) is 1. The fraction of sp³-hybridized carbons (Fsp3) is 0.350. The highest BCUT2D eigenvalue weighted by atomic mass is 16.5. The summed E-state index contributed by atoms with van der Waals surface area (Å²) in [7, 11) is 3.55. The molecule has 0 fully saturated rings. The van der Waals surface area contributed by atoms with Crippen LogP contribution in [0.3, 0.4) is 0 Å². The van der Waals surface area contributed by atoms with Gasteiger partial charge in [-0.2, -0.15) is 15.8 Å². The number of allylic oxidation sites excluding steroid dienone is 2. The van der Waals surface area contributed by atoms with E-state index in [-0.39, 0.29) is 17.2 Å². The number of methoxy groups -OCH3 is 1. The molecule has 1 aliphatic heterocycles. The molecule has 2 aliphatic rings. The Bertz CT molecular complexity index is 911. The van der Waals surface area contributed by atoms with E-state index in [0.29, 0.717) is 18.8 Å². The lowest BCUT2D eigenvalue weighted by atomic mass is 9.58. The molecule has 2 N–H and O–H groups in total. The lowest BCUT2D eigenvalue weighted by Crippen LogP contribution is -2.47. The van der Waals surface area contributed by atoms with E-state index in [4.69, 9.17) is 10.5 Å². The molecule has 0 unspecified atom stereocenters. The average Bonchev–Trinajstić information content (AvgIpc) is 2.67. The van der Waals surface area contributed by atoms with Gasteiger partial charge in [-0.15, -0.1) is 0 Å². The summed E-state index contributed by atoms with van der Waals surface area (Å²) >= 11 is 0. The van der Waals surface area contributed by atoms with Gasteiger partial charge in [-0.05, 0) is 30.3 Å². The summed E-state index contributed by atoms with van der Waals surface area (Å²) in [5.74, 6) is -0.0172. The second-order valence-corrected chi connectivity index (χ2v) is 6.67. The number of fused-ring (bicyclic) bond motifs is 1. The molecule has 26 heavy (non-hydrogen) atoms. The third-order valence-electron chi connectivity index (χ3n) is 5.30. The number of nitrogens with zero attached hydrogens (tertiary/aromatic N) is 4. The van der Waals surface area contributed by atoms with Gasteiger partial charge >= 0.3 is 0 Å². The number of hydrogen-bond acceptors (Lipinski definition) is 6. The maximum absolute atomic E-state index is 9.98. The van der Waals surface area contributed by atoms with Crippen LogP contribution in [-0.2, 0) is 0 Å². The summed E-state index contributed by atoms with van der Waals surface area (Å²) < 4.78 is 5.32. The van der Waals surface area contributed by atoms with Crippen molar-refractivity contribution in [3.05, 3.63) is 52.7 Å². The minimum absolute atomic E-state index is 0.0462. The maximum Gasteiger partial charge on any atom is 0.191 e. The summed E-state index contributed by atoms with van der Waals surface area (Å²) in [5, 5.41) is 29.6. The predicted molar refractivity (Wildman–Crippen MR) is 95.3 cm³/mol. The van der Waals surface area contributed by atoms with Gasteiger partial charge in [0.15, 0.2) is 5.41 Å². The molecule has 6 nitrogen and oxygen atoms in total. The van der Waals surface area contributed by atoms with Crippen LogP contribution in [0.25, 0.3) is 0 Å². The summed E-state index contributed by atoms with van der Waals surface area (Å²) in [5.41, 5.74) is 6.61. The molecule has 0 saturated heterocycles. The van der Waals surface area contributed by atoms with E-state index in [1.165, 1.54) is 0 Å². The molecular weight excluding hydrogens is 326 g/mol. The molecule has 0 spiro atoms. The summed E-state index contributed by atoms with van der Waals surface area (Å²) in [6.07, 6.45) is 1.98. The number of benzene rings is 1. The molecule has 2 atom stereocenters. The number of ether oxygens (including phenoxy) is 1. The summed E-state index contributed by atoms with van der Waals surface area (Å²) in [6, 6.07) is 13.8. The van der Waals surface area contributed by atoms with E-state index in [2.05, 4.69) is 23.1 Å². The molecule has 0 radical (unpaired) electrons. The van der Waals surface area contributed by atoms with Crippen molar-refractivity contribution >= 4 is 0 Å². The highest BCUT2D eigenvalue weighted by Crippen LogP contribution is 2.54. The number of likely N-dealkylation sites (N-methyl/N-ethyl adjacent to an activating group) is 1. The molecule has 6 heteroatoms. The molecule has 0 aromatic heterocycles. The van der Waals surface area contributed by atoms with Gasteiger partial charge in [0, 0.05) is 24.9 Å². The molecule has 1 aliphatic carbocycles. The Morgan fingerprint density at radius 2 is 2.00 bits per heavy atom. The third kappa shape index (κ3) is 2.42. The Morgan fingerprint density at radius 3 is 2.62 bits per heavy atom. The zero-order chi connectivity index (χ0) is 18.9. The molecule has 0 amide bonds. The SMILES string of the molecule is COc1cccc([C@@H]2[C@H]3CN(C)CC=C3C(C#N)=C(N)C2(C#N)C#N)c1. The molecular formula is C20H19N5O. The Hall–Kier alpha value is -3.27. The fourth-order valence-corrected chi connectivity index (χ4v) is 4.04. The van der Waals surface area contributed by atoms with Gasteiger partial charge < -0.3 is 15.4 Å². The van der Waals surface area contributed by atoms with Crippen LogP contribution in [0.15, 0.2) is 47.2 Å². The largest absolute Gasteiger partial charge is 0.497 e. The van der Waals surface area contributed by atoms with Gasteiger partial charge in [0.2, 0.25) is 0 Å². The van der Waals surface area contributed by atoms with Gasteiger partial charge in [0.1, 0.15) is 11.8 Å². The van der Waals surface area contributed by atoms with Crippen LogP contribution in [0.1, 0.15) is 11.5 Å². The summed E-state index contributed by atoms with van der Waals surface area (Å²) in [4.78, 5) is 2.11. The van der Waals surface area contributed by atoms with Gasteiger partial charge in [0.25, 0.3) is 0 Å². The molecule has 0 saturated carbocycles. The van der Waals surface area contributed by atoms with Crippen LogP contribution in [0.5, 0.6) is 5.75 Å². The molecule has 130 valence electrons. The first kappa shape index (κ1) is 17.5. The fourth-order valence-electron chi connectivity index (χ4n) is 4.04. The van der Waals surface area contributed by atoms with Crippen LogP contribution in [-0.4, -0.2) is 32.1 Å². The van der Waals surface area contributed by atoms with Crippen molar-refractivity contribution in [1.82, 2.24) is 4.90 Å². The van der Waals surface area contributed by atoms with Crippen LogP contribution in [0, 0.1) is 45.3 Å². The Labute approximate surface area is 153 Å². The first-order valence-corrected chi connectivity index (χ1v) is 8.28. The number of hydrogen-bond donors (Lipinski definition) is 1. The van der Waals surface area contributed by atoms with Crippen LogP contribution < -0.4 is 10.5 Å². The highest BCUT2D eigenvalue weighted by Gasteiger charge is 2.54. The minimum atomic E-state index is -1.60. The van der Waals surface area contributed by atoms with E-state index >= 15 is 0 Å². The molecule has 3 rings (SSSR count). The van der Waals surface area contributed by atoms with Crippen LogP contribution >= 0.6 is 0 Å². The molecule has 1 heterocycles. The first-order chi connectivity index (χ1) is 12.5. The van der Waals surface area contributed by atoms with Gasteiger partial charge in [0.05, 0.1) is 30.5 Å². The second-order valence-electron chi connectivity index (χ2n) is 6.67. The van der Waals surface area contributed by atoms with E-state index in [1.807, 2.05) is 37.4 Å². The highest BCUT2D eigenvalue weighted by molar-refractivity contribution is 5.59. The first-order valence-electron chi connectivity index (χ1n) is 8.28. The van der Waals surface area contributed by atoms with E-state index < -0.39 is 11.3 Å². The van der Waals surface area contributed by atoms with Crippen molar-refractivity contribution in [1.29, 1.82) is 15.8 Å². The number of rotatable bonds is 2. The van der Waals surface area contributed by atoms with Crippen molar-refractivity contribution in [3.8, 4) is 24.0 Å². The Morgan fingerprint density at radius 1 is 1.27 bits per heavy atom. The zero-order valence-corrected chi connectivity index (χ0v) is 14.7. The van der Waals surface area contributed by atoms with Crippen molar-refractivity contribution in [2.24, 2.45) is 17.1 Å². The standard InChI is InChI=1S/C20H19N5O/c1-25-7-6-15-16(9-21)19(24)20(11-22,12-23)18(17(15)10-25)13-4-3-5-14(8-13)26-2/h3-6,8,17-18H,7,10,24H2,1-2H3/t17-,18+/m0/s1. The zero-order valence-electron chi connectivity index (χ0n) is 14.7. The number of nitriles is 3. The van der Waals surface area contributed by atoms with Gasteiger partial charge in [-0.3, -0.25) is 0 Å². The quantitative estimate of drug-likeness (QED) is 0.878. The van der Waals surface area contributed by atoms with Gasteiger partial charge in [-0.1, -0.05) is 18.2 Å². The van der Waals surface area contributed by atoms with Crippen LogP contribution in [0.2, 0.25) is 0 Å². The molecule has 1 aromatic rings. The van der Waals surface area contributed by atoms with Gasteiger partial charge in [-0.25, -0.2) is 0 Å². The van der Waals surface area contributed by atoms with E-state index in [9.17, 15) is 15.8 Å². The predicted octanol–water partition coefficient (Wildman–Crippen LogP) is 2.05. The van der Waals surface area contributed by atoms with Crippen molar-refractivity contribution in [3.63, 3.8) is 0 Å². The lowest BCUT2D eigenvalue weighted by Gasteiger charge is -2.45. The smallest absolute Gasteiger partial charge is 0.191 e. The third-order valence-corrected chi connectivity index (χ3v) is 5.30. The second kappa shape index (κ2) is 6.56. The monoisotopic (exact) mass is 345 g/mol. The van der Waals surface area contributed by atoms with Crippen LogP contribution in [0.4, 0.5) is 0 Å². The topological polar surface area (TPSA) is 110 Å². The van der Waals surface area contributed by atoms with E-state index in [0.717, 1.165) is 11.1 Å². The Balaban J connectivity index is 2.32. The normalized spacial score (nSPS) is 24.5. The minimum Gasteiger partial charge on any atom is -0.497 e. The van der Waals surface area contributed by atoms with Crippen molar-refractivity contribution in [2.75, 3.05) is 27.2 Å². The molecule has 1 aromatic carbocycles. The van der Waals surface area contributed by atoms with E-state index in [1.54, 1.807) is 7.11 Å².